The third-order valence-electron chi connectivity index (χ3n) is 5.85. The number of benzene rings is 2. The number of methoxy groups -OCH3 is 1. The van der Waals surface area contributed by atoms with Crippen molar-refractivity contribution in [1.29, 1.82) is 0 Å². The lowest BCUT2D eigenvalue weighted by Gasteiger charge is -2.20. The van der Waals surface area contributed by atoms with E-state index in [2.05, 4.69) is 74.2 Å². The summed E-state index contributed by atoms with van der Waals surface area (Å²) in [5.74, 6) is 2.38. The van der Waals surface area contributed by atoms with Gasteiger partial charge in [0, 0.05) is 62.1 Å². The smallest absolute Gasteiger partial charge is 0.190 e. The number of halogens is 1. The van der Waals surface area contributed by atoms with Crippen molar-refractivity contribution in [3.8, 4) is 5.75 Å². The molecule has 0 saturated carbocycles. The molecule has 2 heterocycles. The molecule has 7 heteroatoms. The monoisotopic (exact) mass is 533 g/mol. The molecule has 1 atom stereocenters. The van der Waals surface area contributed by atoms with Crippen LogP contribution in [0, 0.1) is 5.92 Å². The topological polar surface area (TPSA) is 64.7 Å². The molecule has 0 bridgehead atoms. The third kappa shape index (κ3) is 5.84. The SMILES string of the molecule is CN=C(NCCc1c[nH]c2ccccc12)NCC1CCN(c2cccc(OC)c2)C1.I. The van der Waals surface area contributed by atoms with Gasteiger partial charge < -0.3 is 25.3 Å². The van der Waals surface area contributed by atoms with Gasteiger partial charge in [-0.3, -0.25) is 4.99 Å². The zero-order valence-corrected chi connectivity index (χ0v) is 20.6. The maximum Gasteiger partial charge on any atom is 0.190 e. The number of para-hydroxylation sites is 1. The number of hydrogen-bond donors (Lipinski definition) is 3. The highest BCUT2D eigenvalue weighted by Gasteiger charge is 2.23. The van der Waals surface area contributed by atoms with Gasteiger partial charge in [-0.25, -0.2) is 0 Å². The Morgan fingerprint density at radius 1 is 1.19 bits per heavy atom. The molecule has 1 unspecified atom stereocenters. The number of aromatic amines is 1. The lowest BCUT2D eigenvalue weighted by Crippen LogP contribution is -2.41. The van der Waals surface area contributed by atoms with Gasteiger partial charge in [0.25, 0.3) is 0 Å². The number of nitrogens with one attached hydrogen (secondary N) is 3. The normalized spacial score (nSPS) is 16.3. The van der Waals surface area contributed by atoms with Gasteiger partial charge in [-0.15, -0.1) is 24.0 Å². The number of H-pyrrole nitrogens is 1. The Bertz CT molecular complexity index is 1000. The van der Waals surface area contributed by atoms with E-state index in [9.17, 15) is 0 Å². The molecule has 0 spiro atoms. The fourth-order valence-electron chi connectivity index (χ4n) is 4.16. The van der Waals surface area contributed by atoms with Crippen LogP contribution in [-0.4, -0.2) is 51.3 Å². The first kappa shape index (κ1) is 23.2. The highest BCUT2D eigenvalue weighted by molar-refractivity contribution is 14.0. The van der Waals surface area contributed by atoms with Crippen molar-refractivity contribution in [2.75, 3.05) is 45.2 Å². The summed E-state index contributed by atoms with van der Waals surface area (Å²) in [6.45, 7) is 3.90. The van der Waals surface area contributed by atoms with Crippen LogP contribution in [0.4, 0.5) is 5.69 Å². The van der Waals surface area contributed by atoms with Crippen molar-refractivity contribution < 1.29 is 4.74 Å². The van der Waals surface area contributed by atoms with Crippen molar-refractivity contribution in [3.63, 3.8) is 0 Å². The van der Waals surface area contributed by atoms with Crippen molar-refractivity contribution in [2.45, 2.75) is 12.8 Å². The maximum atomic E-state index is 5.36. The number of ether oxygens (including phenoxy) is 1. The molecule has 0 aliphatic carbocycles. The van der Waals surface area contributed by atoms with Gasteiger partial charge in [0.1, 0.15) is 5.75 Å². The number of aromatic nitrogens is 1. The summed E-state index contributed by atoms with van der Waals surface area (Å²) in [5, 5.41) is 8.25. The predicted molar refractivity (Wildman–Crippen MR) is 140 cm³/mol. The molecule has 0 radical (unpaired) electrons. The first-order chi connectivity index (χ1) is 14.8. The Balaban J connectivity index is 0.00000272. The molecule has 31 heavy (non-hydrogen) atoms. The molecule has 3 N–H and O–H groups in total. The molecule has 4 rings (SSSR count). The van der Waals surface area contributed by atoms with E-state index in [1.807, 2.05) is 13.1 Å². The number of anilines is 1. The van der Waals surface area contributed by atoms with E-state index in [0.29, 0.717) is 5.92 Å². The molecular formula is C24H32IN5O. The number of guanidine groups is 1. The summed E-state index contributed by atoms with van der Waals surface area (Å²) in [5.41, 5.74) is 3.76. The fraction of sp³-hybridized carbons (Fsp3) is 0.375. The summed E-state index contributed by atoms with van der Waals surface area (Å²) in [6, 6.07) is 16.7. The second-order valence-electron chi connectivity index (χ2n) is 7.79. The molecule has 2 aromatic carbocycles. The van der Waals surface area contributed by atoms with Crippen LogP contribution in [0.2, 0.25) is 0 Å². The van der Waals surface area contributed by atoms with Crippen molar-refractivity contribution >= 4 is 46.5 Å². The van der Waals surface area contributed by atoms with Crippen molar-refractivity contribution in [2.24, 2.45) is 10.9 Å². The molecule has 6 nitrogen and oxygen atoms in total. The quantitative estimate of drug-likeness (QED) is 0.244. The Kier molecular flexibility index (Phi) is 8.45. The second-order valence-corrected chi connectivity index (χ2v) is 7.79. The van der Waals surface area contributed by atoms with E-state index in [0.717, 1.165) is 44.3 Å². The van der Waals surface area contributed by atoms with E-state index >= 15 is 0 Å². The first-order valence-corrected chi connectivity index (χ1v) is 10.7. The van der Waals surface area contributed by atoms with Crippen LogP contribution in [0.1, 0.15) is 12.0 Å². The summed E-state index contributed by atoms with van der Waals surface area (Å²) < 4.78 is 5.36. The highest BCUT2D eigenvalue weighted by atomic mass is 127. The third-order valence-corrected chi connectivity index (χ3v) is 5.85. The summed E-state index contributed by atoms with van der Waals surface area (Å²) >= 11 is 0. The number of fused-ring (bicyclic) bond motifs is 1. The standard InChI is InChI=1S/C24H31N5O.HI/c1-25-24(26-12-10-19-16-27-23-9-4-3-8-22(19)23)28-15-18-11-13-29(17-18)20-6-5-7-21(14-20)30-2;/h3-9,14,16,18,27H,10-13,15,17H2,1-2H3,(H2,25,26,28);1H. The van der Waals surface area contributed by atoms with Crippen LogP contribution < -0.4 is 20.3 Å². The van der Waals surface area contributed by atoms with Gasteiger partial charge in [-0.1, -0.05) is 24.3 Å². The lowest BCUT2D eigenvalue weighted by molar-refractivity contribution is 0.415. The predicted octanol–water partition coefficient (Wildman–Crippen LogP) is 4.03. The first-order valence-electron chi connectivity index (χ1n) is 10.7. The van der Waals surface area contributed by atoms with Crippen molar-refractivity contribution in [3.05, 3.63) is 60.3 Å². The van der Waals surface area contributed by atoms with Gasteiger partial charge in [0.15, 0.2) is 5.96 Å². The zero-order valence-electron chi connectivity index (χ0n) is 18.2. The Labute approximate surface area is 201 Å². The van der Waals surface area contributed by atoms with Gasteiger partial charge in [0.2, 0.25) is 0 Å². The average molecular weight is 533 g/mol. The molecule has 1 aromatic heterocycles. The largest absolute Gasteiger partial charge is 0.497 e. The molecule has 1 fully saturated rings. The molecule has 1 aliphatic heterocycles. The number of hydrogen-bond acceptors (Lipinski definition) is 3. The maximum absolute atomic E-state index is 5.36. The van der Waals surface area contributed by atoms with E-state index in [1.165, 1.54) is 28.6 Å². The number of aliphatic imine (C=N–C) groups is 1. The van der Waals surface area contributed by atoms with Gasteiger partial charge in [-0.05, 0) is 42.5 Å². The number of nitrogens with zero attached hydrogens (tertiary/aromatic N) is 2. The van der Waals surface area contributed by atoms with E-state index < -0.39 is 0 Å². The number of rotatable bonds is 7. The minimum atomic E-state index is 0. The lowest BCUT2D eigenvalue weighted by atomic mass is 10.1. The summed E-state index contributed by atoms with van der Waals surface area (Å²) in [4.78, 5) is 10.2. The molecule has 0 amide bonds. The Hall–Kier alpha value is -2.42. The van der Waals surface area contributed by atoms with E-state index in [1.54, 1.807) is 7.11 Å². The van der Waals surface area contributed by atoms with E-state index in [4.69, 9.17) is 4.74 Å². The Morgan fingerprint density at radius 2 is 2.06 bits per heavy atom. The molecule has 166 valence electrons. The van der Waals surface area contributed by atoms with Crippen molar-refractivity contribution in [1.82, 2.24) is 15.6 Å². The van der Waals surface area contributed by atoms with Crippen LogP contribution in [0.3, 0.4) is 0 Å². The van der Waals surface area contributed by atoms with Gasteiger partial charge in [0.05, 0.1) is 7.11 Å². The minimum absolute atomic E-state index is 0. The fourth-order valence-corrected chi connectivity index (χ4v) is 4.16. The second kappa shape index (κ2) is 11.3. The van der Waals surface area contributed by atoms with Crippen LogP contribution in [0.5, 0.6) is 5.75 Å². The zero-order chi connectivity index (χ0) is 20.8. The molecular weight excluding hydrogens is 501 g/mol. The molecule has 1 saturated heterocycles. The highest BCUT2D eigenvalue weighted by Crippen LogP contribution is 2.26. The summed E-state index contributed by atoms with van der Waals surface area (Å²) in [6.07, 6.45) is 4.24. The van der Waals surface area contributed by atoms with Crippen LogP contribution in [0.15, 0.2) is 59.7 Å². The van der Waals surface area contributed by atoms with E-state index in [-0.39, 0.29) is 24.0 Å². The van der Waals surface area contributed by atoms with Crippen LogP contribution in [-0.2, 0) is 6.42 Å². The summed E-state index contributed by atoms with van der Waals surface area (Å²) in [7, 11) is 3.55. The van der Waals surface area contributed by atoms with Gasteiger partial charge in [-0.2, -0.15) is 0 Å². The van der Waals surface area contributed by atoms with Crippen LogP contribution in [0.25, 0.3) is 10.9 Å². The average Bonchev–Trinajstić information content (AvgIpc) is 3.43. The Morgan fingerprint density at radius 3 is 2.90 bits per heavy atom. The molecule has 1 aliphatic rings. The van der Waals surface area contributed by atoms with Crippen LogP contribution >= 0.6 is 24.0 Å². The minimum Gasteiger partial charge on any atom is -0.497 e. The van der Waals surface area contributed by atoms with Gasteiger partial charge >= 0.3 is 0 Å². The molecule has 3 aromatic rings.